The first-order valence-electron chi connectivity index (χ1n) is 5.33. The smallest absolute Gasteiger partial charge is 0.220 e. The molecule has 0 spiro atoms. The monoisotopic (exact) mass is 200 g/mol. The molecule has 0 rings (SSSR count). The summed E-state index contributed by atoms with van der Waals surface area (Å²) in [5, 5.41) is 6.20. The second-order valence-corrected chi connectivity index (χ2v) is 5.12. The van der Waals surface area contributed by atoms with Crippen molar-refractivity contribution in [3.8, 4) is 0 Å². The largest absolute Gasteiger partial charge is 0.355 e. The van der Waals surface area contributed by atoms with Crippen LogP contribution in [0.1, 0.15) is 41.0 Å². The summed E-state index contributed by atoms with van der Waals surface area (Å²) >= 11 is 0. The molecule has 84 valence electrons. The van der Waals surface area contributed by atoms with Crippen LogP contribution in [0.15, 0.2) is 0 Å². The van der Waals surface area contributed by atoms with Gasteiger partial charge < -0.3 is 10.6 Å². The minimum atomic E-state index is 0.128. The van der Waals surface area contributed by atoms with Crippen LogP contribution in [0, 0.1) is 5.92 Å². The molecule has 0 fully saturated rings. The molecule has 0 aromatic rings. The number of hydrogen-bond acceptors (Lipinski definition) is 2. The molecule has 0 aliphatic carbocycles. The fraction of sp³-hybridized carbons (Fsp3) is 0.909. The van der Waals surface area contributed by atoms with Crippen LogP contribution in [0.25, 0.3) is 0 Å². The maximum absolute atomic E-state index is 11.2. The molecule has 14 heavy (non-hydrogen) atoms. The van der Waals surface area contributed by atoms with Gasteiger partial charge in [-0.1, -0.05) is 13.8 Å². The number of carbonyl (C=O) groups excluding carboxylic acids is 1. The van der Waals surface area contributed by atoms with Gasteiger partial charge in [-0.15, -0.1) is 0 Å². The lowest BCUT2D eigenvalue weighted by molar-refractivity contribution is -0.121. The van der Waals surface area contributed by atoms with Crippen molar-refractivity contribution in [3.05, 3.63) is 0 Å². The Morgan fingerprint density at radius 1 is 1.21 bits per heavy atom. The number of amides is 1. The van der Waals surface area contributed by atoms with Crippen molar-refractivity contribution in [2.45, 2.75) is 46.6 Å². The highest BCUT2D eigenvalue weighted by Gasteiger charge is 2.08. The van der Waals surface area contributed by atoms with Crippen LogP contribution >= 0.6 is 0 Å². The molecule has 0 saturated carbocycles. The van der Waals surface area contributed by atoms with E-state index in [2.05, 4.69) is 31.4 Å². The lowest BCUT2D eigenvalue weighted by atomic mass is 10.1. The Morgan fingerprint density at radius 2 is 1.79 bits per heavy atom. The number of rotatable bonds is 5. The minimum absolute atomic E-state index is 0.128. The maximum Gasteiger partial charge on any atom is 0.220 e. The van der Waals surface area contributed by atoms with Crippen molar-refractivity contribution in [3.63, 3.8) is 0 Å². The topological polar surface area (TPSA) is 41.1 Å². The first-order chi connectivity index (χ1) is 6.31. The SMILES string of the molecule is CC(C)CC(=O)NCCNC(C)(C)C. The molecule has 0 radical (unpaired) electrons. The normalized spacial score (nSPS) is 11.9. The van der Waals surface area contributed by atoms with Crippen LogP contribution in [-0.2, 0) is 4.79 Å². The van der Waals surface area contributed by atoms with E-state index in [-0.39, 0.29) is 11.4 Å². The van der Waals surface area contributed by atoms with Gasteiger partial charge in [-0.05, 0) is 26.7 Å². The minimum Gasteiger partial charge on any atom is -0.355 e. The molecular weight excluding hydrogens is 176 g/mol. The standard InChI is InChI=1S/C11H24N2O/c1-9(2)8-10(14)12-6-7-13-11(3,4)5/h9,13H,6-8H2,1-5H3,(H,12,14). The summed E-state index contributed by atoms with van der Waals surface area (Å²) in [6.45, 7) is 12.0. The Hall–Kier alpha value is -0.570. The van der Waals surface area contributed by atoms with Crippen LogP contribution in [0.5, 0.6) is 0 Å². The van der Waals surface area contributed by atoms with Crippen molar-refractivity contribution in [1.82, 2.24) is 10.6 Å². The first kappa shape index (κ1) is 13.4. The Balaban J connectivity index is 3.41. The van der Waals surface area contributed by atoms with E-state index in [0.29, 0.717) is 18.9 Å². The van der Waals surface area contributed by atoms with E-state index in [0.717, 1.165) is 6.54 Å². The van der Waals surface area contributed by atoms with Gasteiger partial charge in [0, 0.05) is 25.0 Å². The maximum atomic E-state index is 11.2. The van der Waals surface area contributed by atoms with Crippen LogP contribution in [0.2, 0.25) is 0 Å². The lowest BCUT2D eigenvalue weighted by Gasteiger charge is -2.20. The van der Waals surface area contributed by atoms with Crippen molar-refractivity contribution in [2.75, 3.05) is 13.1 Å². The molecule has 0 unspecified atom stereocenters. The molecule has 0 aromatic carbocycles. The lowest BCUT2D eigenvalue weighted by Crippen LogP contribution is -2.41. The molecule has 0 aliphatic heterocycles. The van der Waals surface area contributed by atoms with Crippen molar-refractivity contribution >= 4 is 5.91 Å². The number of carbonyl (C=O) groups is 1. The second-order valence-electron chi connectivity index (χ2n) is 5.12. The van der Waals surface area contributed by atoms with E-state index in [1.54, 1.807) is 0 Å². The molecule has 2 N–H and O–H groups in total. The fourth-order valence-corrected chi connectivity index (χ4v) is 1.08. The average molecular weight is 200 g/mol. The summed E-state index contributed by atoms with van der Waals surface area (Å²) in [5.74, 6) is 0.585. The summed E-state index contributed by atoms with van der Waals surface area (Å²) in [6.07, 6.45) is 0.621. The van der Waals surface area contributed by atoms with Crippen LogP contribution in [0.3, 0.4) is 0 Å². The zero-order valence-corrected chi connectivity index (χ0v) is 10.1. The number of nitrogens with one attached hydrogen (secondary N) is 2. The highest BCUT2D eigenvalue weighted by Crippen LogP contribution is 1.98. The molecule has 0 bridgehead atoms. The van der Waals surface area contributed by atoms with Gasteiger partial charge in [0.05, 0.1) is 0 Å². The molecular formula is C11H24N2O. The summed E-state index contributed by atoms with van der Waals surface area (Å²) in [7, 11) is 0. The third kappa shape index (κ3) is 9.52. The zero-order chi connectivity index (χ0) is 11.2. The molecule has 0 atom stereocenters. The molecule has 0 heterocycles. The van der Waals surface area contributed by atoms with E-state index >= 15 is 0 Å². The van der Waals surface area contributed by atoms with Gasteiger partial charge in [0.25, 0.3) is 0 Å². The predicted octanol–water partition coefficient (Wildman–Crippen LogP) is 1.54. The van der Waals surface area contributed by atoms with Crippen LogP contribution in [-0.4, -0.2) is 24.5 Å². The first-order valence-corrected chi connectivity index (χ1v) is 5.33. The predicted molar refractivity (Wildman–Crippen MR) is 60.2 cm³/mol. The van der Waals surface area contributed by atoms with E-state index in [4.69, 9.17) is 0 Å². The second kappa shape index (κ2) is 6.02. The third-order valence-electron chi connectivity index (χ3n) is 1.70. The molecule has 3 heteroatoms. The summed E-state index contributed by atoms with van der Waals surface area (Å²) < 4.78 is 0. The average Bonchev–Trinajstić information content (AvgIpc) is 1.95. The summed E-state index contributed by atoms with van der Waals surface area (Å²) in [4.78, 5) is 11.2. The summed E-state index contributed by atoms with van der Waals surface area (Å²) in [6, 6.07) is 0. The van der Waals surface area contributed by atoms with Crippen molar-refractivity contribution in [2.24, 2.45) is 5.92 Å². The van der Waals surface area contributed by atoms with Crippen LogP contribution in [0.4, 0.5) is 0 Å². The Morgan fingerprint density at radius 3 is 2.21 bits per heavy atom. The van der Waals surface area contributed by atoms with Crippen molar-refractivity contribution < 1.29 is 4.79 Å². The quantitative estimate of drug-likeness (QED) is 0.661. The van der Waals surface area contributed by atoms with Gasteiger partial charge >= 0.3 is 0 Å². The Labute approximate surface area is 87.6 Å². The Kier molecular flexibility index (Phi) is 5.77. The van der Waals surface area contributed by atoms with Gasteiger partial charge in [-0.3, -0.25) is 4.79 Å². The molecule has 0 aliphatic rings. The van der Waals surface area contributed by atoms with E-state index in [9.17, 15) is 4.79 Å². The highest BCUT2D eigenvalue weighted by molar-refractivity contribution is 5.75. The summed E-state index contributed by atoms with van der Waals surface area (Å²) in [5.41, 5.74) is 0.128. The Bertz CT molecular complexity index is 171. The van der Waals surface area contributed by atoms with E-state index in [1.807, 2.05) is 13.8 Å². The van der Waals surface area contributed by atoms with E-state index in [1.165, 1.54) is 0 Å². The van der Waals surface area contributed by atoms with Gasteiger partial charge in [-0.25, -0.2) is 0 Å². The van der Waals surface area contributed by atoms with Crippen LogP contribution < -0.4 is 10.6 Å². The fourth-order valence-electron chi connectivity index (χ4n) is 1.08. The molecule has 3 nitrogen and oxygen atoms in total. The highest BCUT2D eigenvalue weighted by atomic mass is 16.1. The van der Waals surface area contributed by atoms with Gasteiger partial charge in [-0.2, -0.15) is 0 Å². The molecule has 0 aromatic heterocycles. The molecule has 1 amide bonds. The van der Waals surface area contributed by atoms with Gasteiger partial charge in [0.15, 0.2) is 0 Å². The zero-order valence-electron chi connectivity index (χ0n) is 10.1. The van der Waals surface area contributed by atoms with Crippen molar-refractivity contribution in [1.29, 1.82) is 0 Å². The molecule has 0 saturated heterocycles. The third-order valence-corrected chi connectivity index (χ3v) is 1.70. The van der Waals surface area contributed by atoms with Gasteiger partial charge in [0.2, 0.25) is 5.91 Å². The van der Waals surface area contributed by atoms with E-state index < -0.39 is 0 Å². The van der Waals surface area contributed by atoms with Gasteiger partial charge in [0.1, 0.15) is 0 Å². The number of hydrogen-bond donors (Lipinski definition) is 2.